The van der Waals surface area contributed by atoms with Crippen LogP contribution in [-0.2, 0) is 0 Å². The average Bonchev–Trinajstić information content (AvgIpc) is 2.29. The predicted octanol–water partition coefficient (Wildman–Crippen LogP) is 2.77. The van der Waals surface area contributed by atoms with Crippen LogP contribution in [0.3, 0.4) is 0 Å². The van der Waals surface area contributed by atoms with E-state index in [-0.39, 0.29) is 6.17 Å². The van der Waals surface area contributed by atoms with Gasteiger partial charge in [0.15, 0.2) is 0 Å². The Kier molecular flexibility index (Phi) is 5.37. The van der Waals surface area contributed by atoms with Crippen molar-refractivity contribution < 1.29 is 0 Å². The summed E-state index contributed by atoms with van der Waals surface area (Å²) in [6.07, 6.45) is 2.35. The summed E-state index contributed by atoms with van der Waals surface area (Å²) in [5.41, 5.74) is 7.45. The van der Waals surface area contributed by atoms with Crippen molar-refractivity contribution in [3.05, 3.63) is 35.9 Å². The summed E-state index contributed by atoms with van der Waals surface area (Å²) in [5.74, 6) is 0. The van der Waals surface area contributed by atoms with Crippen LogP contribution in [-0.4, -0.2) is 18.0 Å². The van der Waals surface area contributed by atoms with E-state index in [9.17, 15) is 0 Å². The molecule has 1 atom stereocenters. The maximum Gasteiger partial charge on any atom is 0.0835 e. The Labute approximate surface area is 93.1 Å². The molecule has 84 valence electrons. The van der Waals surface area contributed by atoms with Gasteiger partial charge in [0.25, 0.3) is 0 Å². The molecular weight excluding hydrogens is 184 g/mol. The summed E-state index contributed by atoms with van der Waals surface area (Å²) in [4.78, 5) is 2.34. The van der Waals surface area contributed by atoms with Crippen LogP contribution in [0.1, 0.15) is 38.4 Å². The molecule has 0 bridgehead atoms. The molecule has 0 heterocycles. The van der Waals surface area contributed by atoms with E-state index >= 15 is 0 Å². The molecule has 0 spiro atoms. The molecule has 0 aromatic heterocycles. The molecule has 0 saturated heterocycles. The topological polar surface area (TPSA) is 29.3 Å². The maximum absolute atomic E-state index is 6.24. The van der Waals surface area contributed by atoms with Crippen LogP contribution in [0.4, 0.5) is 0 Å². The van der Waals surface area contributed by atoms with Crippen LogP contribution < -0.4 is 5.73 Å². The van der Waals surface area contributed by atoms with Crippen molar-refractivity contribution in [3.63, 3.8) is 0 Å². The highest BCUT2D eigenvalue weighted by molar-refractivity contribution is 5.17. The highest BCUT2D eigenvalue weighted by atomic mass is 15.2. The molecule has 1 unspecified atom stereocenters. The van der Waals surface area contributed by atoms with E-state index in [4.69, 9.17) is 5.73 Å². The van der Waals surface area contributed by atoms with Gasteiger partial charge in [0, 0.05) is 0 Å². The monoisotopic (exact) mass is 206 g/mol. The predicted molar refractivity (Wildman–Crippen MR) is 65.5 cm³/mol. The molecule has 2 N–H and O–H groups in total. The van der Waals surface area contributed by atoms with Gasteiger partial charge < -0.3 is 5.73 Å². The Morgan fingerprint density at radius 1 is 1.07 bits per heavy atom. The molecule has 1 rings (SSSR count). The number of benzene rings is 1. The van der Waals surface area contributed by atoms with E-state index in [0.29, 0.717) is 0 Å². The zero-order chi connectivity index (χ0) is 11.1. The Balaban J connectivity index is 2.67. The van der Waals surface area contributed by atoms with E-state index in [1.54, 1.807) is 0 Å². The molecule has 15 heavy (non-hydrogen) atoms. The van der Waals surface area contributed by atoms with E-state index in [0.717, 1.165) is 25.9 Å². The fourth-order valence-corrected chi connectivity index (χ4v) is 1.83. The lowest BCUT2D eigenvalue weighted by Crippen LogP contribution is -2.35. The summed E-state index contributed by atoms with van der Waals surface area (Å²) in [6, 6.07) is 10.3. The van der Waals surface area contributed by atoms with Gasteiger partial charge in [0.1, 0.15) is 0 Å². The van der Waals surface area contributed by atoms with Gasteiger partial charge in [-0.1, -0.05) is 44.2 Å². The van der Waals surface area contributed by atoms with E-state index in [1.807, 2.05) is 18.2 Å². The molecule has 2 heteroatoms. The van der Waals surface area contributed by atoms with Gasteiger partial charge in [0.2, 0.25) is 0 Å². The van der Waals surface area contributed by atoms with Crippen molar-refractivity contribution >= 4 is 0 Å². The highest BCUT2D eigenvalue weighted by Crippen LogP contribution is 2.15. The molecule has 1 aromatic rings. The van der Waals surface area contributed by atoms with Crippen molar-refractivity contribution in [2.24, 2.45) is 5.73 Å². The van der Waals surface area contributed by atoms with E-state index < -0.39 is 0 Å². The molecule has 2 nitrogen and oxygen atoms in total. The molecule has 1 aromatic carbocycles. The standard InChI is InChI=1S/C13H22N2/c1-3-10-15(11-4-2)13(14)12-8-6-5-7-9-12/h5-9,13H,3-4,10-11,14H2,1-2H3. The summed E-state index contributed by atoms with van der Waals surface area (Å²) < 4.78 is 0. The Hall–Kier alpha value is -0.860. The molecule has 0 fully saturated rings. The Bertz CT molecular complexity index is 252. The lowest BCUT2D eigenvalue weighted by atomic mass is 10.1. The Morgan fingerprint density at radius 3 is 2.07 bits per heavy atom. The van der Waals surface area contributed by atoms with Crippen molar-refractivity contribution in [1.29, 1.82) is 0 Å². The van der Waals surface area contributed by atoms with Crippen LogP contribution in [0, 0.1) is 0 Å². The fraction of sp³-hybridized carbons (Fsp3) is 0.538. The summed E-state index contributed by atoms with van der Waals surface area (Å²) in [7, 11) is 0. The molecule has 0 aliphatic rings. The van der Waals surface area contributed by atoms with Gasteiger partial charge in [-0.05, 0) is 31.5 Å². The highest BCUT2D eigenvalue weighted by Gasteiger charge is 2.13. The van der Waals surface area contributed by atoms with Gasteiger partial charge in [-0.3, -0.25) is 4.90 Å². The SMILES string of the molecule is CCCN(CCC)C(N)c1ccccc1. The van der Waals surface area contributed by atoms with Crippen LogP contribution >= 0.6 is 0 Å². The van der Waals surface area contributed by atoms with Crippen molar-refractivity contribution in [3.8, 4) is 0 Å². The second-order valence-electron chi connectivity index (χ2n) is 3.89. The normalized spacial score (nSPS) is 13.1. The van der Waals surface area contributed by atoms with E-state index in [2.05, 4.69) is 30.9 Å². The van der Waals surface area contributed by atoms with Crippen LogP contribution in [0.2, 0.25) is 0 Å². The summed E-state index contributed by atoms with van der Waals surface area (Å²) >= 11 is 0. The zero-order valence-corrected chi connectivity index (χ0v) is 9.82. The van der Waals surface area contributed by atoms with Gasteiger partial charge in [0.05, 0.1) is 6.17 Å². The summed E-state index contributed by atoms with van der Waals surface area (Å²) in [6.45, 7) is 6.54. The second kappa shape index (κ2) is 6.59. The third-order valence-corrected chi connectivity index (χ3v) is 2.56. The Morgan fingerprint density at radius 2 is 1.60 bits per heavy atom. The molecule has 0 aliphatic heterocycles. The number of hydrogen-bond donors (Lipinski definition) is 1. The molecule has 0 amide bonds. The van der Waals surface area contributed by atoms with Gasteiger partial charge in [-0.15, -0.1) is 0 Å². The lowest BCUT2D eigenvalue weighted by Gasteiger charge is -2.28. The van der Waals surface area contributed by atoms with Gasteiger partial charge >= 0.3 is 0 Å². The minimum absolute atomic E-state index is 0.0473. The largest absolute Gasteiger partial charge is 0.312 e. The van der Waals surface area contributed by atoms with Crippen molar-refractivity contribution in [2.75, 3.05) is 13.1 Å². The number of nitrogens with zero attached hydrogens (tertiary/aromatic N) is 1. The summed E-state index contributed by atoms with van der Waals surface area (Å²) in [5, 5.41) is 0. The van der Waals surface area contributed by atoms with Crippen LogP contribution in [0.25, 0.3) is 0 Å². The lowest BCUT2D eigenvalue weighted by molar-refractivity contribution is 0.202. The third-order valence-electron chi connectivity index (χ3n) is 2.56. The van der Waals surface area contributed by atoms with Crippen molar-refractivity contribution in [1.82, 2.24) is 4.90 Å². The molecular formula is C13H22N2. The first kappa shape index (κ1) is 12.2. The van der Waals surface area contributed by atoms with Crippen LogP contribution in [0.5, 0.6) is 0 Å². The number of rotatable bonds is 6. The average molecular weight is 206 g/mol. The minimum atomic E-state index is 0.0473. The zero-order valence-electron chi connectivity index (χ0n) is 9.82. The minimum Gasteiger partial charge on any atom is -0.312 e. The molecule has 0 aliphatic carbocycles. The second-order valence-corrected chi connectivity index (χ2v) is 3.89. The molecule has 0 saturated carbocycles. The quantitative estimate of drug-likeness (QED) is 0.725. The first-order valence-electron chi connectivity index (χ1n) is 5.84. The maximum atomic E-state index is 6.24. The van der Waals surface area contributed by atoms with Gasteiger partial charge in [-0.2, -0.15) is 0 Å². The first-order chi connectivity index (χ1) is 7.29. The number of hydrogen-bond acceptors (Lipinski definition) is 2. The third kappa shape index (κ3) is 3.65. The first-order valence-corrected chi connectivity index (χ1v) is 5.84. The molecule has 0 radical (unpaired) electrons. The smallest absolute Gasteiger partial charge is 0.0835 e. The van der Waals surface area contributed by atoms with Crippen LogP contribution in [0.15, 0.2) is 30.3 Å². The van der Waals surface area contributed by atoms with E-state index in [1.165, 1.54) is 5.56 Å². The fourth-order valence-electron chi connectivity index (χ4n) is 1.83. The van der Waals surface area contributed by atoms with Gasteiger partial charge in [-0.25, -0.2) is 0 Å². The van der Waals surface area contributed by atoms with Crippen molar-refractivity contribution in [2.45, 2.75) is 32.9 Å². The number of nitrogens with two attached hydrogens (primary N) is 1.